The normalized spacial score (nSPS) is 11.8. The summed E-state index contributed by atoms with van der Waals surface area (Å²) in [6.07, 6.45) is 0.408. The molecule has 4 rings (SSSR count). The quantitative estimate of drug-likeness (QED) is 0.308. The van der Waals surface area contributed by atoms with E-state index in [0.29, 0.717) is 18.7 Å². The average Bonchev–Trinajstić information content (AvgIpc) is 2.90. The molecule has 0 spiro atoms. The number of aryl methyl sites for hydroxylation is 1. The van der Waals surface area contributed by atoms with Gasteiger partial charge < -0.3 is 15.0 Å². The highest BCUT2D eigenvalue weighted by atomic mass is 16.5. The second-order valence-electron chi connectivity index (χ2n) is 9.64. The number of carbonyl (C=O) groups is 2. The lowest BCUT2D eigenvalue weighted by Crippen LogP contribution is -2.52. The van der Waals surface area contributed by atoms with E-state index in [4.69, 9.17) is 4.74 Å². The molecule has 190 valence electrons. The third-order valence-electron chi connectivity index (χ3n) is 6.28. The van der Waals surface area contributed by atoms with Crippen molar-refractivity contribution in [2.45, 2.75) is 45.8 Å². The summed E-state index contributed by atoms with van der Waals surface area (Å²) in [7, 11) is 0. The van der Waals surface area contributed by atoms with Gasteiger partial charge in [0, 0.05) is 24.4 Å². The van der Waals surface area contributed by atoms with Crippen molar-refractivity contribution in [2.24, 2.45) is 0 Å². The summed E-state index contributed by atoms with van der Waals surface area (Å²) in [5, 5.41) is 5.01. The van der Waals surface area contributed by atoms with E-state index in [-0.39, 0.29) is 24.5 Å². The maximum Gasteiger partial charge on any atom is 0.261 e. The Balaban J connectivity index is 1.64. The van der Waals surface area contributed by atoms with E-state index >= 15 is 0 Å². The Hall–Kier alpha value is -4.12. The lowest BCUT2D eigenvalue weighted by atomic mass is 10.0. The van der Waals surface area contributed by atoms with E-state index in [1.807, 2.05) is 118 Å². The fourth-order valence-corrected chi connectivity index (χ4v) is 4.37. The molecule has 0 saturated heterocycles. The lowest BCUT2D eigenvalue weighted by molar-refractivity contribution is -0.143. The van der Waals surface area contributed by atoms with Gasteiger partial charge in [0.1, 0.15) is 11.8 Å². The molecule has 4 aromatic carbocycles. The SMILES string of the molecule is Cc1ccc(CN(C(=O)COc2cccc3ccccc23)[C@@H](Cc2ccccc2)C(=O)NC(C)C)cc1. The molecule has 0 unspecified atom stereocenters. The maximum absolute atomic E-state index is 13.8. The predicted octanol–water partition coefficient (Wildman–Crippen LogP) is 5.69. The number of amides is 2. The zero-order valence-electron chi connectivity index (χ0n) is 21.7. The van der Waals surface area contributed by atoms with Crippen LogP contribution < -0.4 is 10.1 Å². The van der Waals surface area contributed by atoms with Gasteiger partial charge >= 0.3 is 0 Å². The fraction of sp³-hybridized carbons (Fsp3) is 0.250. The highest BCUT2D eigenvalue weighted by Crippen LogP contribution is 2.25. The smallest absolute Gasteiger partial charge is 0.261 e. The molecule has 1 N–H and O–H groups in total. The number of benzene rings is 4. The fourth-order valence-electron chi connectivity index (χ4n) is 4.37. The molecule has 5 heteroatoms. The van der Waals surface area contributed by atoms with Crippen LogP contribution in [0.15, 0.2) is 97.1 Å². The summed E-state index contributed by atoms with van der Waals surface area (Å²) in [4.78, 5) is 28.9. The van der Waals surface area contributed by atoms with Gasteiger partial charge in [-0.25, -0.2) is 0 Å². The van der Waals surface area contributed by atoms with E-state index in [1.165, 1.54) is 0 Å². The van der Waals surface area contributed by atoms with Gasteiger partial charge in [0.25, 0.3) is 5.91 Å². The van der Waals surface area contributed by atoms with Gasteiger partial charge in [-0.1, -0.05) is 96.6 Å². The third kappa shape index (κ3) is 6.98. The Bertz CT molecular complexity index is 1330. The second kappa shape index (κ2) is 12.2. The molecule has 1 atom stereocenters. The standard InChI is InChI=1S/C32H34N2O3/c1-23(2)33-32(36)29(20-25-10-5-4-6-11-25)34(21-26-18-16-24(3)17-19-26)31(35)22-37-30-15-9-13-27-12-7-8-14-28(27)30/h4-19,23,29H,20-22H2,1-3H3,(H,33,36)/t29-/m0/s1. The number of hydrogen-bond donors (Lipinski definition) is 1. The van der Waals surface area contributed by atoms with Crippen molar-refractivity contribution in [1.29, 1.82) is 0 Å². The van der Waals surface area contributed by atoms with Crippen molar-refractivity contribution in [1.82, 2.24) is 10.2 Å². The number of nitrogens with zero attached hydrogens (tertiary/aromatic N) is 1. The Labute approximate surface area is 219 Å². The molecule has 0 aliphatic rings. The number of rotatable bonds is 10. The van der Waals surface area contributed by atoms with Gasteiger partial charge in [0.05, 0.1) is 0 Å². The van der Waals surface area contributed by atoms with Crippen LogP contribution in [0.2, 0.25) is 0 Å². The van der Waals surface area contributed by atoms with E-state index < -0.39 is 6.04 Å². The summed E-state index contributed by atoms with van der Waals surface area (Å²) in [6.45, 7) is 6.01. The van der Waals surface area contributed by atoms with Crippen molar-refractivity contribution >= 4 is 22.6 Å². The van der Waals surface area contributed by atoms with Crippen molar-refractivity contribution in [3.05, 3.63) is 114 Å². The summed E-state index contributed by atoms with van der Waals surface area (Å²) >= 11 is 0. The summed E-state index contributed by atoms with van der Waals surface area (Å²) < 4.78 is 6.06. The van der Waals surface area contributed by atoms with Gasteiger partial charge in [0.15, 0.2) is 6.61 Å². The van der Waals surface area contributed by atoms with E-state index in [9.17, 15) is 9.59 Å². The average molecular weight is 495 g/mol. The second-order valence-corrected chi connectivity index (χ2v) is 9.64. The molecule has 0 aromatic heterocycles. The molecular weight excluding hydrogens is 460 g/mol. The summed E-state index contributed by atoms with van der Waals surface area (Å²) in [5.41, 5.74) is 3.09. The zero-order chi connectivity index (χ0) is 26.2. The molecular formula is C32H34N2O3. The molecule has 0 aliphatic carbocycles. The molecule has 0 saturated carbocycles. The highest BCUT2D eigenvalue weighted by Gasteiger charge is 2.31. The van der Waals surface area contributed by atoms with Crippen LogP contribution in [-0.4, -0.2) is 35.4 Å². The van der Waals surface area contributed by atoms with Crippen LogP contribution in [0.3, 0.4) is 0 Å². The molecule has 4 aromatic rings. The largest absolute Gasteiger partial charge is 0.483 e. The molecule has 37 heavy (non-hydrogen) atoms. The van der Waals surface area contributed by atoms with E-state index in [1.54, 1.807) is 4.90 Å². The van der Waals surface area contributed by atoms with E-state index in [0.717, 1.165) is 27.5 Å². The minimum Gasteiger partial charge on any atom is -0.483 e. The molecule has 0 heterocycles. The molecule has 0 bridgehead atoms. The Morgan fingerprint density at radius 2 is 1.49 bits per heavy atom. The Kier molecular flexibility index (Phi) is 8.57. The van der Waals surface area contributed by atoms with Crippen molar-refractivity contribution in [3.63, 3.8) is 0 Å². The zero-order valence-corrected chi connectivity index (χ0v) is 21.7. The predicted molar refractivity (Wildman–Crippen MR) is 148 cm³/mol. The van der Waals surface area contributed by atoms with Gasteiger partial charge in [-0.2, -0.15) is 0 Å². The van der Waals surface area contributed by atoms with Crippen LogP contribution in [0, 0.1) is 6.92 Å². The summed E-state index contributed by atoms with van der Waals surface area (Å²) in [6, 6.07) is 30.8. The van der Waals surface area contributed by atoms with Crippen LogP contribution in [-0.2, 0) is 22.6 Å². The number of hydrogen-bond acceptors (Lipinski definition) is 3. The van der Waals surface area contributed by atoms with Crippen LogP contribution in [0.5, 0.6) is 5.75 Å². The minimum absolute atomic E-state index is 0.0472. The van der Waals surface area contributed by atoms with Crippen molar-refractivity contribution in [3.8, 4) is 5.75 Å². The number of nitrogens with one attached hydrogen (secondary N) is 1. The highest BCUT2D eigenvalue weighted by molar-refractivity contribution is 5.90. The first-order valence-electron chi connectivity index (χ1n) is 12.7. The number of carbonyl (C=O) groups excluding carboxylic acids is 2. The number of ether oxygens (including phenoxy) is 1. The molecule has 0 radical (unpaired) electrons. The lowest BCUT2D eigenvalue weighted by Gasteiger charge is -2.32. The molecule has 0 fully saturated rings. The van der Waals surface area contributed by atoms with Crippen molar-refractivity contribution < 1.29 is 14.3 Å². The Morgan fingerprint density at radius 1 is 0.811 bits per heavy atom. The van der Waals surface area contributed by atoms with Crippen molar-refractivity contribution in [2.75, 3.05) is 6.61 Å². The van der Waals surface area contributed by atoms with Crippen LogP contribution in [0.25, 0.3) is 10.8 Å². The number of fused-ring (bicyclic) bond motifs is 1. The third-order valence-corrected chi connectivity index (χ3v) is 6.28. The Morgan fingerprint density at radius 3 is 2.22 bits per heavy atom. The monoisotopic (exact) mass is 494 g/mol. The van der Waals surface area contributed by atoms with Gasteiger partial charge in [-0.3, -0.25) is 9.59 Å². The maximum atomic E-state index is 13.8. The first-order chi connectivity index (χ1) is 17.9. The first-order valence-corrected chi connectivity index (χ1v) is 12.7. The minimum atomic E-state index is -0.685. The van der Waals surface area contributed by atoms with Crippen LogP contribution in [0.1, 0.15) is 30.5 Å². The molecule has 2 amide bonds. The van der Waals surface area contributed by atoms with Gasteiger partial charge in [0.2, 0.25) is 5.91 Å². The van der Waals surface area contributed by atoms with Gasteiger partial charge in [-0.15, -0.1) is 0 Å². The first kappa shape index (κ1) is 26.0. The molecule has 0 aliphatic heterocycles. The van der Waals surface area contributed by atoms with E-state index in [2.05, 4.69) is 5.32 Å². The topological polar surface area (TPSA) is 58.6 Å². The van der Waals surface area contributed by atoms with Gasteiger partial charge in [-0.05, 0) is 43.4 Å². The van der Waals surface area contributed by atoms with Crippen LogP contribution in [0.4, 0.5) is 0 Å². The summed E-state index contributed by atoms with van der Waals surface area (Å²) in [5.74, 6) is 0.228. The van der Waals surface area contributed by atoms with Crippen LogP contribution >= 0.6 is 0 Å². The molecule has 5 nitrogen and oxygen atoms in total.